The van der Waals surface area contributed by atoms with Crippen LogP contribution in [0.5, 0.6) is 0 Å². The van der Waals surface area contributed by atoms with Gasteiger partial charge < -0.3 is 9.80 Å². The Hall–Kier alpha value is -2.21. The Morgan fingerprint density at radius 2 is 2.07 bits per heavy atom. The first-order valence-corrected chi connectivity index (χ1v) is 10.6. The van der Waals surface area contributed by atoms with E-state index in [1.165, 1.54) is 5.56 Å². The van der Waals surface area contributed by atoms with Gasteiger partial charge >= 0.3 is 0 Å². The number of thiophene rings is 1. The third-order valence-electron chi connectivity index (χ3n) is 6.02. The summed E-state index contributed by atoms with van der Waals surface area (Å²) in [5, 5.41) is 3.87. The van der Waals surface area contributed by atoms with Crippen LogP contribution in [0.2, 0.25) is 0 Å². The highest BCUT2D eigenvalue weighted by Gasteiger charge is 2.41. The number of amides is 2. The molecule has 2 fully saturated rings. The Morgan fingerprint density at radius 3 is 2.78 bits per heavy atom. The molecule has 0 radical (unpaired) electrons. The number of hydrogen-bond donors (Lipinski definition) is 0. The molecule has 2 aromatic heterocycles. The van der Waals surface area contributed by atoms with E-state index in [0.717, 1.165) is 57.4 Å². The fourth-order valence-corrected chi connectivity index (χ4v) is 4.91. The van der Waals surface area contributed by atoms with Crippen molar-refractivity contribution in [1.29, 1.82) is 0 Å². The molecule has 2 aliphatic rings. The van der Waals surface area contributed by atoms with Crippen LogP contribution in [0, 0.1) is 5.41 Å². The minimum absolute atomic E-state index is 0.145. The third kappa shape index (κ3) is 4.05. The predicted molar refractivity (Wildman–Crippen MR) is 106 cm³/mol. The summed E-state index contributed by atoms with van der Waals surface area (Å²) in [6, 6.07) is 5.90. The molecular formula is C21H25N3O2S. The van der Waals surface area contributed by atoms with Crippen molar-refractivity contribution in [2.24, 2.45) is 5.41 Å². The Bertz CT molecular complexity index is 783. The SMILES string of the molecule is O=C1CCC2(CCN(C(=O)c3ccsc3)CC2)CN1CCc1cccnc1. The molecule has 4 rings (SSSR count). The topological polar surface area (TPSA) is 53.5 Å². The van der Waals surface area contributed by atoms with E-state index in [4.69, 9.17) is 0 Å². The molecule has 0 aliphatic carbocycles. The van der Waals surface area contributed by atoms with E-state index < -0.39 is 0 Å². The van der Waals surface area contributed by atoms with Gasteiger partial charge in [-0.05, 0) is 54.2 Å². The number of hydrogen-bond acceptors (Lipinski definition) is 4. The van der Waals surface area contributed by atoms with Gasteiger partial charge in [0.15, 0.2) is 0 Å². The number of carbonyl (C=O) groups excluding carboxylic acids is 2. The van der Waals surface area contributed by atoms with Crippen LogP contribution in [0.15, 0.2) is 41.4 Å². The Morgan fingerprint density at radius 1 is 1.22 bits per heavy atom. The molecule has 2 aliphatic heterocycles. The number of likely N-dealkylation sites (tertiary alicyclic amines) is 2. The van der Waals surface area contributed by atoms with Crippen LogP contribution in [0.1, 0.15) is 41.6 Å². The summed E-state index contributed by atoms with van der Waals surface area (Å²) in [4.78, 5) is 33.2. The lowest BCUT2D eigenvalue weighted by molar-refractivity contribution is -0.138. The van der Waals surface area contributed by atoms with Gasteiger partial charge in [0, 0.05) is 50.4 Å². The van der Waals surface area contributed by atoms with E-state index in [-0.39, 0.29) is 17.2 Å². The molecule has 0 bridgehead atoms. The molecule has 0 saturated carbocycles. The van der Waals surface area contributed by atoms with Crippen LogP contribution in [-0.2, 0) is 11.2 Å². The van der Waals surface area contributed by atoms with Crippen LogP contribution in [0.3, 0.4) is 0 Å². The van der Waals surface area contributed by atoms with Gasteiger partial charge in [0.05, 0.1) is 5.56 Å². The van der Waals surface area contributed by atoms with Crippen molar-refractivity contribution in [2.45, 2.75) is 32.1 Å². The van der Waals surface area contributed by atoms with E-state index in [1.54, 1.807) is 17.5 Å². The second-order valence-electron chi connectivity index (χ2n) is 7.73. The lowest BCUT2D eigenvalue weighted by atomic mass is 9.72. The minimum Gasteiger partial charge on any atom is -0.342 e. The van der Waals surface area contributed by atoms with Crippen molar-refractivity contribution < 1.29 is 9.59 Å². The molecule has 0 unspecified atom stereocenters. The summed E-state index contributed by atoms with van der Waals surface area (Å²) in [5.74, 6) is 0.410. The zero-order chi connectivity index (χ0) is 18.7. The van der Waals surface area contributed by atoms with Gasteiger partial charge in [0.1, 0.15) is 0 Å². The van der Waals surface area contributed by atoms with Crippen molar-refractivity contribution in [3.05, 3.63) is 52.5 Å². The summed E-state index contributed by atoms with van der Waals surface area (Å²) in [5.41, 5.74) is 2.14. The maximum atomic E-state index is 12.6. The second-order valence-corrected chi connectivity index (χ2v) is 8.51. The number of piperidine rings is 2. The average molecular weight is 384 g/mol. The molecule has 5 nitrogen and oxygen atoms in total. The van der Waals surface area contributed by atoms with E-state index in [2.05, 4.69) is 11.1 Å². The summed E-state index contributed by atoms with van der Waals surface area (Å²) in [6.45, 7) is 3.16. The molecular weight excluding hydrogens is 358 g/mol. The molecule has 2 aromatic rings. The first-order chi connectivity index (χ1) is 13.2. The molecule has 6 heteroatoms. The molecule has 0 atom stereocenters. The number of rotatable bonds is 4. The monoisotopic (exact) mass is 383 g/mol. The standard InChI is InChI=1S/C21H25N3O2S/c25-19-3-6-21(16-24(19)10-4-17-2-1-9-22-14-17)7-11-23(12-8-21)20(26)18-5-13-27-15-18/h1-2,5,9,13-15H,3-4,6-8,10-12,16H2. The molecule has 0 aromatic carbocycles. The van der Waals surface area contributed by atoms with Gasteiger partial charge in [-0.3, -0.25) is 14.6 Å². The first kappa shape index (κ1) is 18.2. The molecule has 2 amide bonds. The van der Waals surface area contributed by atoms with Crippen LogP contribution < -0.4 is 0 Å². The van der Waals surface area contributed by atoms with E-state index in [0.29, 0.717) is 6.42 Å². The highest BCUT2D eigenvalue weighted by atomic mass is 32.1. The van der Waals surface area contributed by atoms with E-state index in [1.807, 2.05) is 38.9 Å². The molecule has 142 valence electrons. The number of nitrogens with zero attached hydrogens (tertiary/aromatic N) is 3. The summed E-state index contributed by atoms with van der Waals surface area (Å²) < 4.78 is 0. The molecule has 0 N–H and O–H groups in total. The zero-order valence-corrected chi connectivity index (χ0v) is 16.3. The smallest absolute Gasteiger partial charge is 0.254 e. The third-order valence-corrected chi connectivity index (χ3v) is 6.70. The van der Waals surface area contributed by atoms with Crippen molar-refractivity contribution in [2.75, 3.05) is 26.2 Å². The number of pyridine rings is 1. The van der Waals surface area contributed by atoms with Gasteiger partial charge in [-0.25, -0.2) is 0 Å². The van der Waals surface area contributed by atoms with Gasteiger partial charge in [-0.1, -0.05) is 6.07 Å². The van der Waals surface area contributed by atoms with Crippen LogP contribution >= 0.6 is 11.3 Å². The number of aromatic nitrogens is 1. The summed E-state index contributed by atoms with van der Waals surface area (Å²) in [6.07, 6.45) is 8.05. The van der Waals surface area contributed by atoms with Gasteiger partial charge in [0.25, 0.3) is 5.91 Å². The Labute approximate surface area is 164 Å². The molecule has 27 heavy (non-hydrogen) atoms. The highest BCUT2D eigenvalue weighted by Crippen LogP contribution is 2.40. The Kier molecular flexibility index (Phi) is 5.25. The van der Waals surface area contributed by atoms with E-state index >= 15 is 0 Å². The lowest BCUT2D eigenvalue weighted by Crippen LogP contribution is -2.52. The minimum atomic E-state index is 0.145. The largest absolute Gasteiger partial charge is 0.342 e. The van der Waals surface area contributed by atoms with Crippen molar-refractivity contribution in [3.63, 3.8) is 0 Å². The fourth-order valence-electron chi connectivity index (χ4n) is 4.28. The quantitative estimate of drug-likeness (QED) is 0.814. The molecule has 1 spiro atoms. The van der Waals surface area contributed by atoms with Crippen molar-refractivity contribution in [1.82, 2.24) is 14.8 Å². The molecule has 2 saturated heterocycles. The normalized spacial score (nSPS) is 19.5. The average Bonchev–Trinajstić information content (AvgIpc) is 3.25. The number of carbonyl (C=O) groups is 2. The molecule has 4 heterocycles. The fraction of sp³-hybridized carbons (Fsp3) is 0.476. The van der Waals surface area contributed by atoms with Gasteiger partial charge in [-0.2, -0.15) is 11.3 Å². The van der Waals surface area contributed by atoms with Crippen LogP contribution in [0.25, 0.3) is 0 Å². The van der Waals surface area contributed by atoms with E-state index in [9.17, 15) is 9.59 Å². The predicted octanol–water partition coefficient (Wildman–Crippen LogP) is 3.23. The Balaban J connectivity index is 1.35. The maximum Gasteiger partial charge on any atom is 0.254 e. The summed E-state index contributed by atoms with van der Waals surface area (Å²) in [7, 11) is 0. The van der Waals surface area contributed by atoms with Gasteiger partial charge in [0.2, 0.25) is 5.91 Å². The van der Waals surface area contributed by atoms with Crippen LogP contribution in [-0.4, -0.2) is 52.8 Å². The highest BCUT2D eigenvalue weighted by molar-refractivity contribution is 7.08. The van der Waals surface area contributed by atoms with Crippen LogP contribution in [0.4, 0.5) is 0 Å². The first-order valence-electron chi connectivity index (χ1n) is 9.63. The lowest BCUT2D eigenvalue weighted by Gasteiger charge is -2.47. The summed E-state index contributed by atoms with van der Waals surface area (Å²) >= 11 is 1.56. The van der Waals surface area contributed by atoms with Crippen molar-refractivity contribution in [3.8, 4) is 0 Å². The van der Waals surface area contributed by atoms with Crippen molar-refractivity contribution >= 4 is 23.2 Å². The zero-order valence-electron chi connectivity index (χ0n) is 15.5. The maximum absolute atomic E-state index is 12.6. The second kappa shape index (κ2) is 7.80. The van der Waals surface area contributed by atoms with Gasteiger partial charge in [-0.15, -0.1) is 0 Å².